The maximum atomic E-state index is 12.8. The van der Waals surface area contributed by atoms with Gasteiger partial charge in [-0.3, -0.25) is 4.79 Å². The zero-order valence-corrected chi connectivity index (χ0v) is 14.3. The zero-order valence-electron chi connectivity index (χ0n) is 14.3. The molecule has 1 amide bonds. The van der Waals surface area contributed by atoms with E-state index in [9.17, 15) is 9.90 Å². The molecule has 1 aliphatic rings. The van der Waals surface area contributed by atoms with Gasteiger partial charge in [0.05, 0.1) is 0 Å². The molecule has 2 aromatic carbocycles. The number of benzene rings is 2. The lowest BCUT2D eigenvalue weighted by Gasteiger charge is -2.27. The van der Waals surface area contributed by atoms with Gasteiger partial charge in [-0.2, -0.15) is 5.10 Å². The number of rotatable bonds is 5. The van der Waals surface area contributed by atoms with Gasteiger partial charge in [0.1, 0.15) is 0 Å². The van der Waals surface area contributed by atoms with E-state index in [1.807, 2.05) is 42.6 Å². The van der Waals surface area contributed by atoms with Gasteiger partial charge in [-0.15, -0.1) is 0 Å². The Morgan fingerprint density at radius 3 is 2.00 bits per heavy atom. The molecule has 0 atom stereocenters. The highest BCUT2D eigenvalue weighted by atomic mass is 16.3. The van der Waals surface area contributed by atoms with Crippen molar-refractivity contribution in [2.24, 2.45) is 11.0 Å². The molecule has 0 heterocycles. The number of hydrazone groups is 1. The molecule has 0 aliphatic heterocycles. The summed E-state index contributed by atoms with van der Waals surface area (Å²) in [6.45, 7) is 0. The number of amides is 1. The van der Waals surface area contributed by atoms with Crippen molar-refractivity contribution in [1.29, 1.82) is 0 Å². The fourth-order valence-electron chi connectivity index (χ4n) is 3.35. The second-order valence-corrected chi connectivity index (χ2v) is 6.56. The maximum absolute atomic E-state index is 12.8. The fraction of sp³-hybridized carbons (Fsp3) is 0.333. The molecule has 4 nitrogen and oxygen atoms in total. The van der Waals surface area contributed by atoms with Crippen molar-refractivity contribution in [3.05, 3.63) is 71.8 Å². The number of nitrogens with one attached hydrogen (secondary N) is 1. The molecule has 0 unspecified atom stereocenters. The van der Waals surface area contributed by atoms with E-state index in [1.54, 1.807) is 24.3 Å². The molecule has 1 aliphatic carbocycles. The third-order valence-corrected chi connectivity index (χ3v) is 4.81. The van der Waals surface area contributed by atoms with E-state index >= 15 is 0 Å². The van der Waals surface area contributed by atoms with E-state index in [4.69, 9.17) is 0 Å². The minimum atomic E-state index is -1.77. The van der Waals surface area contributed by atoms with Crippen molar-refractivity contribution in [2.45, 2.75) is 37.7 Å². The molecular weight excluding hydrogens is 312 g/mol. The van der Waals surface area contributed by atoms with E-state index in [-0.39, 0.29) is 0 Å². The molecule has 0 aromatic heterocycles. The van der Waals surface area contributed by atoms with Gasteiger partial charge >= 0.3 is 0 Å². The molecular formula is C21H24N2O2. The molecule has 0 bridgehead atoms. The third-order valence-electron chi connectivity index (χ3n) is 4.81. The van der Waals surface area contributed by atoms with E-state index in [1.165, 1.54) is 19.3 Å². The third kappa shape index (κ3) is 3.97. The van der Waals surface area contributed by atoms with Crippen LogP contribution < -0.4 is 5.43 Å². The van der Waals surface area contributed by atoms with Crippen LogP contribution in [-0.2, 0) is 10.4 Å². The minimum Gasteiger partial charge on any atom is -0.372 e. The van der Waals surface area contributed by atoms with Crippen molar-refractivity contribution in [3.63, 3.8) is 0 Å². The summed E-state index contributed by atoms with van der Waals surface area (Å²) < 4.78 is 0. The molecule has 1 saturated carbocycles. The van der Waals surface area contributed by atoms with Crippen molar-refractivity contribution in [1.82, 2.24) is 5.43 Å². The normalized spacial score (nSPS) is 16.0. The second-order valence-electron chi connectivity index (χ2n) is 6.56. The van der Waals surface area contributed by atoms with Crippen molar-refractivity contribution in [3.8, 4) is 0 Å². The van der Waals surface area contributed by atoms with Crippen LogP contribution in [0.2, 0.25) is 0 Å². The highest BCUT2D eigenvalue weighted by molar-refractivity contribution is 5.90. The van der Waals surface area contributed by atoms with E-state index in [2.05, 4.69) is 10.5 Å². The molecule has 0 saturated heterocycles. The highest BCUT2D eigenvalue weighted by Gasteiger charge is 2.39. The number of hydrogen-bond donors (Lipinski definition) is 2. The summed E-state index contributed by atoms with van der Waals surface area (Å²) in [4.78, 5) is 12.8. The largest absolute Gasteiger partial charge is 0.372 e. The Morgan fingerprint density at radius 2 is 1.48 bits per heavy atom. The first-order valence-electron chi connectivity index (χ1n) is 8.88. The topological polar surface area (TPSA) is 61.7 Å². The van der Waals surface area contributed by atoms with Crippen LogP contribution in [0.1, 0.15) is 43.2 Å². The van der Waals surface area contributed by atoms with Gasteiger partial charge in [-0.05, 0) is 29.9 Å². The monoisotopic (exact) mass is 336 g/mol. The molecule has 1 fully saturated rings. The van der Waals surface area contributed by atoms with Crippen LogP contribution >= 0.6 is 0 Å². The summed E-state index contributed by atoms with van der Waals surface area (Å²) in [5.41, 5.74) is 1.82. The van der Waals surface area contributed by atoms with Crippen molar-refractivity contribution < 1.29 is 9.90 Å². The Kier molecular flexibility index (Phi) is 5.61. The van der Waals surface area contributed by atoms with E-state index in [0.29, 0.717) is 17.0 Å². The highest BCUT2D eigenvalue weighted by Crippen LogP contribution is 2.30. The number of hydrogen-bond acceptors (Lipinski definition) is 3. The number of aliphatic hydroxyl groups is 1. The fourth-order valence-corrected chi connectivity index (χ4v) is 3.35. The smallest absolute Gasteiger partial charge is 0.281 e. The summed E-state index contributed by atoms with van der Waals surface area (Å²) in [6, 6.07) is 17.9. The van der Waals surface area contributed by atoms with E-state index < -0.39 is 11.5 Å². The van der Waals surface area contributed by atoms with Crippen LogP contribution in [0.3, 0.4) is 0 Å². The Labute approximate surface area is 148 Å². The summed E-state index contributed by atoms with van der Waals surface area (Å²) in [5, 5.41) is 15.4. The molecule has 4 heteroatoms. The molecule has 25 heavy (non-hydrogen) atoms. The van der Waals surface area contributed by atoms with Gasteiger partial charge in [0.15, 0.2) is 5.60 Å². The van der Waals surface area contributed by atoms with Crippen LogP contribution in [0.25, 0.3) is 0 Å². The SMILES string of the molecule is O=C(N/N=C/C1CCCCC1)C(O)(c1ccccc1)c1ccccc1. The zero-order chi connectivity index (χ0) is 17.5. The predicted molar refractivity (Wildman–Crippen MR) is 99.1 cm³/mol. The van der Waals surface area contributed by atoms with Crippen molar-refractivity contribution >= 4 is 12.1 Å². The average molecular weight is 336 g/mol. The Balaban J connectivity index is 1.82. The van der Waals surface area contributed by atoms with Crippen LogP contribution in [0.15, 0.2) is 65.8 Å². The molecule has 2 aromatic rings. The van der Waals surface area contributed by atoms with Gasteiger partial charge in [0.2, 0.25) is 0 Å². The van der Waals surface area contributed by atoms with Crippen LogP contribution in [0, 0.1) is 5.92 Å². The summed E-state index contributed by atoms with van der Waals surface area (Å²) in [5.74, 6) is -0.132. The molecule has 2 N–H and O–H groups in total. The quantitative estimate of drug-likeness (QED) is 0.647. The summed E-state index contributed by atoms with van der Waals surface area (Å²) in [6.07, 6.45) is 7.74. The summed E-state index contributed by atoms with van der Waals surface area (Å²) >= 11 is 0. The van der Waals surface area contributed by atoms with Gasteiger partial charge in [0, 0.05) is 6.21 Å². The van der Waals surface area contributed by atoms with Crippen LogP contribution in [-0.4, -0.2) is 17.2 Å². The van der Waals surface area contributed by atoms with Gasteiger partial charge in [0.25, 0.3) is 5.91 Å². The standard InChI is InChI=1S/C21H24N2O2/c24-20(23-22-16-17-10-4-1-5-11-17)21(25,18-12-6-2-7-13-18)19-14-8-3-9-15-19/h2-3,6-9,12-17,25H,1,4-5,10-11H2,(H,23,24)/b22-16+. The predicted octanol–water partition coefficient (Wildman–Crippen LogP) is 3.60. The summed E-state index contributed by atoms with van der Waals surface area (Å²) in [7, 11) is 0. The number of nitrogens with zero attached hydrogens (tertiary/aromatic N) is 1. The van der Waals surface area contributed by atoms with Crippen molar-refractivity contribution in [2.75, 3.05) is 0 Å². The Bertz CT molecular complexity index is 668. The number of carbonyl (C=O) groups excluding carboxylic acids is 1. The Morgan fingerprint density at radius 1 is 0.960 bits per heavy atom. The van der Waals surface area contributed by atoms with Gasteiger partial charge < -0.3 is 5.11 Å². The van der Waals surface area contributed by atoms with Gasteiger partial charge in [-0.1, -0.05) is 79.9 Å². The van der Waals surface area contributed by atoms with E-state index in [0.717, 1.165) is 12.8 Å². The molecule has 0 radical (unpaired) electrons. The molecule has 3 rings (SSSR count). The number of carbonyl (C=O) groups is 1. The Hall–Kier alpha value is -2.46. The lowest BCUT2D eigenvalue weighted by molar-refractivity contribution is -0.136. The van der Waals surface area contributed by atoms with Crippen LogP contribution in [0.5, 0.6) is 0 Å². The minimum absolute atomic E-state index is 0.413. The lowest BCUT2D eigenvalue weighted by Crippen LogP contribution is -2.43. The lowest BCUT2D eigenvalue weighted by atomic mass is 9.85. The first-order chi connectivity index (χ1) is 12.2. The maximum Gasteiger partial charge on any atom is 0.281 e. The molecule has 0 spiro atoms. The first-order valence-corrected chi connectivity index (χ1v) is 8.88. The first kappa shape index (κ1) is 17.4. The average Bonchev–Trinajstić information content (AvgIpc) is 2.69. The second kappa shape index (κ2) is 8.08. The van der Waals surface area contributed by atoms with Crippen LogP contribution in [0.4, 0.5) is 0 Å². The van der Waals surface area contributed by atoms with Gasteiger partial charge in [-0.25, -0.2) is 5.43 Å². The molecule has 130 valence electrons.